The molecular formula is C13H7BrClF3N2O. The van der Waals surface area contributed by atoms with Gasteiger partial charge in [-0.05, 0) is 24.3 Å². The second kappa shape index (κ2) is 6.03. The summed E-state index contributed by atoms with van der Waals surface area (Å²) in [4.78, 5) is 15.7. The summed E-state index contributed by atoms with van der Waals surface area (Å²) in [5.74, 6) is -0.741. The van der Waals surface area contributed by atoms with Crippen molar-refractivity contribution < 1.29 is 18.0 Å². The smallest absolute Gasteiger partial charge is 0.321 e. The van der Waals surface area contributed by atoms with Crippen LogP contribution in [0.1, 0.15) is 15.9 Å². The minimum Gasteiger partial charge on any atom is -0.321 e. The highest BCUT2D eigenvalue weighted by Crippen LogP contribution is 2.36. The summed E-state index contributed by atoms with van der Waals surface area (Å²) in [5, 5.41) is 2.27. The number of hydrogen-bond donors (Lipinski definition) is 1. The fourth-order valence-corrected chi connectivity index (χ4v) is 2.18. The van der Waals surface area contributed by atoms with Crippen LogP contribution in [0.5, 0.6) is 0 Å². The number of carbonyl (C=O) groups excluding carboxylic acids is 1. The minimum absolute atomic E-state index is 0.0442. The molecule has 2 rings (SSSR count). The molecule has 1 N–H and O–H groups in total. The number of aromatic nitrogens is 1. The number of benzene rings is 1. The number of carbonyl (C=O) groups is 1. The fourth-order valence-electron chi connectivity index (χ4n) is 1.61. The van der Waals surface area contributed by atoms with Gasteiger partial charge in [-0.25, -0.2) is 0 Å². The zero-order chi connectivity index (χ0) is 15.6. The van der Waals surface area contributed by atoms with Gasteiger partial charge in [0.25, 0.3) is 5.91 Å². The molecule has 1 aromatic carbocycles. The van der Waals surface area contributed by atoms with Crippen molar-refractivity contribution in [3.05, 3.63) is 57.3 Å². The van der Waals surface area contributed by atoms with Crippen LogP contribution in [0.3, 0.4) is 0 Å². The Morgan fingerprint density at radius 2 is 2.00 bits per heavy atom. The Labute approximate surface area is 131 Å². The van der Waals surface area contributed by atoms with E-state index in [2.05, 4.69) is 26.2 Å². The summed E-state index contributed by atoms with van der Waals surface area (Å²) < 4.78 is 39.1. The zero-order valence-electron chi connectivity index (χ0n) is 10.2. The van der Waals surface area contributed by atoms with E-state index in [1.54, 1.807) is 0 Å². The Morgan fingerprint density at radius 3 is 2.62 bits per heavy atom. The molecule has 110 valence electrons. The normalized spacial score (nSPS) is 11.3. The molecule has 0 spiro atoms. The van der Waals surface area contributed by atoms with Crippen LogP contribution in [0.25, 0.3) is 0 Å². The maximum Gasteiger partial charge on any atom is 0.418 e. The monoisotopic (exact) mass is 378 g/mol. The van der Waals surface area contributed by atoms with Crippen molar-refractivity contribution in [2.24, 2.45) is 0 Å². The first-order chi connectivity index (χ1) is 9.79. The summed E-state index contributed by atoms with van der Waals surface area (Å²) in [5.41, 5.74) is -1.25. The summed E-state index contributed by atoms with van der Waals surface area (Å²) in [6, 6.07) is 4.78. The van der Waals surface area contributed by atoms with E-state index in [4.69, 9.17) is 11.6 Å². The first kappa shape index (κ1) is 15.8. The van der Waals surface area contributed by atoms with E-state index in [9.17, 15) is 18.0 Å². The molecule has 0 radical (unpaired) electrons. The number of halogens is 5. The quantitative estimate of drug-likeness (QED) is 0.817. The van der Waals surface area contributed by atoms with Crippen LogP contribution in [-0.4, -0.2) is 10.9 Å². The number of amides is 1. The number of nitrogens with zero attached hydrogens (tertiary/aromatic N) is 1. The summed E-state index contributed by atoms with van der Waals surface area (Å²) >= 11 is 8.76. The molecule has 21 heavy (non-hydrogen) atoms. The lowest BCUT2D eigenvalue weighted by atomic mass is 10.1. The Kier molecular flexibility index (Phi) is 4.53. The van der Waals surface area contributed by atoms with Crippen molar-refractivity contribution in [3.63, 3.8) is 0 Å². The summed E-state index contributed by atoms with van der Waals surface area (Å²) in [6.45, 7) is 0. The number of pyridine rings is 1. The molecule has 0 saturated heterocycles. The molecule has 3 nitrogen and oxygen atoms in total. The second-order valence-corrected chi connectivity index (χ2v) is 5.32. The van der Waals surface area contributed by atoms with Crippen LogP contribution < -0.4 is 5.32 Å². The van der Waals surface area contributed by atoms with Crippen LogP contribution >= 0.6 is 27.5 Å². The zero-order valence-corrected chi connectivity index (χ0v) is 12.6. The summed E-state index contributed by atoms with van der Waals surface area (Å²) in [7, 11) is 0. The van der Waals surface area contributed by atoms with Crippen LogP contribution in [0.2, 0.25) is 5.02 Å². The van der Waals surface area contributed by atoms with Gasteiger partial charge in [-0.15, -0.1) is 0 Å². The predicted molar refractivity (Wildman–Crippen MR) is 76.3 cm³/mol. The maximum atomic E-state index is 13.0. The Morgan fingerprint density at radius 1 is 1.29 bits per heavy atom. The van der Waals surface area contributed by atoms with Gasteiger partial charge in [0.05, 0.1) is 21.8 Å². The Bertz CT molecular complexity index is 691. The van der Waals surface area contributed by atoms with E-state index >= 15 is 0 Å². The molecule has 0 fully saturated rings. The summed E-state index contributed by atoms with van der Waals surface area (Å²) in [6.07, 6.45) is -2.02. The standard InChI is InChI=1S/C13H7BrClF3N2O/c14-7-1-2-11(9(5-7)13(16,17)18)20-12(21)8-3-4-19-6-10(8)15/h1-6H,(H,20,21). The third kappa shape index (κ3) is 3.74. The number of anilines is 1. The lowest BCUT2D eigenvalue weighted by Gasteiger charge is -2.14. The molecular weight excluding hydrogens is 373 g/mol. The van der Waals surface area contributed by atoms with E-state index in [1.165, 1.54) is 30.6 Å². The minimum atomic E-state index is -4.59. The predicted octanol–water partition coefficient (Wildman–Crippen LogP) is 4.77. The highest BCUT2D eigenvalue weighted by molar-refractivity contribution is 9.10. The van der Waals surface area contributed by atoms with Gasteiger partial charge >= 0.3 is 6.18 Å². The van der Waals surface area contributed by atoms with Crippen molar-refractivity contribution in [2.45, 2.75) is 6.18 Å². The van der Waals surface area contributed by atoms with E-state index < -0.39 is 17.6 Å². The van der Waals surface area contributed by atoms with E-state index in [-0.39, 0.29) is 20.7 Å². The van der Waals surface area contributed by atoms with E-state index in [1.807, 2.05) is 0 Å². The van der Waals surface area contributed by atoms with Crippen LogP contribution in [0.15, 0.2) is 41.1 Å². The van der Waals surface area contributed by atoms with Crippen LogP contribution in [0.4, 0.5) is 18.9 Å². The van der Waals surface area contributed by atoms with Crippen molar-refractivity contribution >= 4 is 39.1 Å². The van der Waals surface area contributed by atoms with Crippen molar-refractivity contribution in [2.75, 3.05) is 5.32 Å². The van der Waals surface area contributed by atoms with Gasteiger partial charge in [-0.1, -0.05) is 27.5 Å². The topological polar surface area (TPSA) is 42.0 Å². The SMILES string of the molecule is O=C(Nc1ccc(Br)cc1C(F)(F)F)c1ccncc1Cl. The number of rotatable bonds is 2. The van der Waals surface area contributed by atoms with Gasteiger partial charge in [0, 0.05) is 16.9 Å². The van der Waals surface area contributed by atoms with Gasteiger partial charge in [0.2, 0.25) is 0 Å². The van der Waals surface area contributed by atoms with Crippen LogP contribution in [-0.2, 0) is 6.18 Å². The largest absolute Gasteiger partial charge is 0.418 e. The van der Waals surface area contributed by atoms with E-state index in [0.29, 0.717) is 0 Å². The first-order valence-corrected chi connectivity index (χ1v) is 6.74. The third-order valence-electron chi connectivity index (χ3n) is 2.55. The molecule has 1 amide bonds. The fraction of sp³-hybridized carbons (Fsp3) is 0.0769. The second-order valence-electron chi connectivity index (χ2n) is 4.00. The maximum absolute atomic E-state index is 13.0. The molecule has 0 bridgehead atoms. The molecule has 0 saturated carbocycles. The molecule has 0 aliphatic heterocycles. The third-order valence-corrected chi connectivity index (χ3v) is 3.35. The first-order valence-electron chi connectivity index (χ1n) is 5.56. The Balaban J connectivity index is 2.36. The molecule has 8 heteroatoms. The molecule has 2 aromatic rings. The van der Waals surface area contributed by atoms with Crippen molar-refractivity contribution in [3.8, 4) is 0 Å². The van der Waals surface area contributed by atoms with Gasteiger partial charge in [-0.3, -0.25) is 9.78 Å². The molecule has 0 aliphatic carbocycles. The molecule has 1 aromatic heterocycles. The number of hydrogen-bond acceptors (Lipinski definition) is 2. The lowest BCUT2D eigenvalue weighted by molar-refractivity contribution is -0.136. The van der Waals surface area contributed by atoms with Crippen molar-refractivity contribution in [1.29, 1.82) is 0 Å². The highest BCUT2D eigenvalue weighted by atomic mass is 79.9. The molecule has 1 heterocycles. The average Bonchev–Trinajstić information content (AvgIpc) is 2.40. The number of nitrogens with one attached hydrogen (secondary N) is 1. The number of alkyl halides is 3. The van der Waals surface area contributed by atoms with Crippen molar-refractivity contribution in [1.82, 2.24) is 4.98 Å². The molecule has 0 atom stereocenters. The molecule has 0 aliphatic rings. The van der Waals surface area contributed by atoms with Gasteiger partial charge in [0.15, 0.2) is 0 Å². The van der Waals surface area contributed by atoms with Gasteiger partial charge < -0.3 is 5.32 Å². The van der Waals surface area contributed by atoms with Gasteiger partial charge in [-0.2, -0.15) is 13.2 Å². The van der Waals surface area contributed by atoms with E-state index in [0.717, 1.165) is 6.07 Å². The van der Waals surface area contributed by atoms with Gasteiger partial charge in [0.1, 0.15) is 0 Å². The lowest BCUT2D eigenvalue weighted by Crippen LogP contribution is -2.17. The average molecular weight is 380 g/mol. The Hall–Kier alpha value is -1.60. The highest BCUT2D eigenvalue weighted by Gasteiger charge is 2.34. The van der Waals surface area contributed by atoms with Crippen LogP contribution in [0, 0.1) is 0 Å². The molecule has 0 unspecified atom stereocenters.